The summed E-state index contributed by atoms with van der Waals surface area (Å²) in [5.41, 5.74) is 0.812. The summed E-state index contributed by atoms with van der Waals surface area (Å²) < 4.78 is 19.6. The molecule has 0 spiro atoms. The van der Waals surface area contributed by atoms with Gasteiger partial charge < -0.3 is 9.64 Å². The molecule has 2 heterocycles. The maximum absolute atomic E-state index is 14.3. The lowest BCUT2D eigenvalue weighted by atomic mass is 10.0. The molecule has 2 aliphatic rings. The number of ether oxygens (including phenoxy) is 1. The number of methoxy groups -OCH3 is 1. The Kier molecular flexibility index (Phi) is 6.37. The fraction of sp³-hybridized carbons (Fsp3) is 0.667. The van der Waals surface area contributed by atoms with Crippen molar-refractivity contribution in [2.75, 3.05) is 46.4 Å². The van der Waals surface area contributed by atoms with Gasteiger partial charge in [-0.25, -0.2) is 4.39 Å². The lowest BCUT2D eigenvalue weighted by molar-refractivity contribution is 0.0418. The molecule has 1 aromatic rings. The fourth-order valence-electron chi connectivity index (χ4n) is 4.26. The third kappa shape index (κ3) is 4.43. The zero-order chi connectivity index (χ0) is 19.6. The minimum absolute atomic E-state index is 0.112. The van der Waals surface area contributed by atoms with Crippen molar-refractivity contribution in [2.24, 2.45) is 0 Å². The van der Waals surface area contributed by atoms with Gasteiger partial charge in [-0.05, 0) is 51.3 Å². The average molecular weight is 378 g/mol. The molecule has 2 saturated heterocycles. The number of halogens is 1. The van der Waals surface area contributed by atoms with Crippen molar-refractivity contribution >= 4 is 5.91 Å². The van der Waals surface area contributed by atoms with E-state index in [-0.39, 0.29) is 11.5 Å². The van der Waals surface area contributed by atoms with Crippen LogP contribution in [0.1, 0.15) is 42.6 Å². The molecule has 0 radical (unpaired) electrons. The minimum atomic E-state index is -0.467. The number of piperazine rings is 1. The van der Waals surface area contributed by atoms with Crippen molar-refractivity contribution in [3.63, 3.8) is 0 Å². The van der Waals surface area contributed by atoms with Gasteiger partial charge in [0.05, 0.1) is 12.7 Å². The minimum Gasteiger partial charge on any atom is -0.496 e. The Morgan fingerprint density at radius 2 is 1.74 bits per heavy atom. The number of piperidine rings is 1. The Labute approximate surface area is 162 Å². The Balaban J connectivity index is 1.57. The molecule has 0 bridgehead atoms. The van der Waals surface area contributed by atoms with Crippen LogP contribution in [0.5, 0.6) is 5.75 Å². The molecule has 27 heavy (non-hydrogen) atoms. The Morgan fingerprint density at radius 3 is 2.30 bits per heavy atom. The van der Waals surface area contributed by atoms with E-state index < -0.39 is 5.82 Å². The van der Waals surface area contributed by atoms with Crippen molar-refractivity contribution in [3.8, 4) is 5.75 Å². The first-order valence-electron chi connectivity index (χ1n) is 10.0. The molecule has 2 aliphatic heterocycles. The van der Waals surface area contributed by atoms with Crippen LogP contribution in [0.15, 0.2) is 12.1 Å². The molecule has 6 heteroatoms. The summed E-state index contributed by atoms with van der Waals surface area (Å²) in [5, 5.41) is 0. The van der Waals surface area contributed by atoms with E-state index in [1.54, 1.807) is 18.9 Å². The van der Waals surface area contributed by atoms with Gasteiger partial charge in [0, 0.05) is 51.4 Å². The monoisotopic (exact) mass is 377 g/mol. The summed E-state index contributed by atoms with van der Waals surface area (Å²) in [6, 6.07) is 4.05. The predicted molar refractivity (Wildman–Crippen MR) is 105 cm³/mol. The number of carbonyl (C=O) groups is 1. The van der Waals surface area contributed by atoms with Gasteiger partial charge >= 0.3 is 0 Å². The number of rotatable bonds is 4. The van der Waals surface area contributed by atoms with E-state index >= 15 is 0 Å². The first kappa shape index (κ1) is 20.1. The van der Waals surface area contributed by atoms with Crippen LogP contribution >= 0.6 is 0 Å². The van der Waals surface area contributed by atoms with E-state index in [0.717, 1.165) is 39.0 Å². The number of hydrogen-bond acceptors (Lipinski definition) is 4. The fourth-order valence-corrected chi connectivity index (χ4v) is 4.26. The number of nitrogens with zero attached hydrogens (tertiary/aromatic N) is 3. The van der Waals surface area contributed by atoms with Gasteiger partial charge in [-0.15, -0.1) is 0 Å². The van der Waals surface area contributed by atoms with Crippen LogP contribution in [0.2, 0.25) is 0 Å². The highest BCUT2D eigenvalue weighted by Gasteiger charge is 2.30. The molecule has 0 atom stereocenters. The largest absolute Gasteiger partial charge is 0.496 e. The Bertz CT molecular complexity index is 664. The summed E-state index contributed by atoms with van der Waals surface area (Å²) in [4.78, 5) is 19.7. The first-order chi connectivity index (χ1) is 12.9. The second-order valence-corrected chi connectivity index (χ2v) is 7.99. The van der Waals surface area contributed by atoms with Gasteiger partial charge in [0.1, 0.15) is 11.6 Å². The van der Waals surface area contributed by atoms with Gasteiger partial charge in [-0.2, -0.15) is 0 Å². The number of amides is 1. The van der Waals surface area contributed by atoms with Gasteiger partial charge in [-0.3, -0.25) is 14.6 Å². The Morgan fingerprint density at radius 1 is 1.11 bits per heavy atom. The number of aryl methyl sites for hydroxylation is 1. The number of hydrogen-bond donors (Lipinski definition) is 0. The summed E-state index contributed by atoms with van der Waals surface area (Å²) in [5.74, 6) is -0.142. The third-order valence-corrected chi connectivity index (χ3v) is 6.06. The first-order valence-corrected chi connectivity index (χ1v) is 10.0. The van der Waals surface area contributed by atoms with Crippen LogP contribution in [-0.2, 0) is 0 Å². The lowest BCUT2D eigenvalue weighted by Gasteiger charge is -2.43. The van der Waals surface area contributed by atoms with Gasteiger partial charge in [0.25, 0.3) is 5.91 Å². The SMILES string of the molecule is COc1cc(C(=O)N2CCC(N3CCN(C(C)C)CC3)CC2)c(F)cc1C. The lowest BCUT2D eigenvalue weighted by Crippen LogP contribution is -2.54. The normalized spacial score (nSPS) is 20.3. The van der Waals surface area contributed by atoms with Crippen LogP contribution in [0, 0.1) is 12.7 Å². The van der Waals surface area contributed by atoms with Crippen LogP contribution in [0.4, 0.5) is 4.39 Å². The van der Waals surface area contributed by atoms with E-state index in [1.165, 1.54) is 12.1 Å². The standard InChI is InChI=1S/C21H32FN3O2/c1-15(2)23-9-11-24(12-10-23)17-5-7-25(8-6-17)21(26)18-14-20(27-4)16(3)13-19(18)22/h13-15,17H,5-12H2,1-4H3. The van der Waals surface area contributed by atoms with Crippen LogP contribution in [-0.4, -0.2) is 79.1 Å². The molecule has 0 aromatic heterocycles. The highest BCUT2D eigenvalue weighted by molar-refractivity contribution is 5.95. The van der Waals surface area contributed by atoms with Crippen molar-refractivity contribution in [3.05, 3.63) is 29.1 Å². The summed E-state index contributed by atoms with van der Waals surface area (Å²) in [6.45, 7) is 12.1. The van der Waals surface area contributed by atoms with E-state index in [9.17, 15) is 9.18 Å². The van der Waals surface area contributed by atoms with Crippen LogP contribution in [0.25, 0.3) is 0 Å². The quantitative estimate of drug-likeness (QED) is 0.808. The van der Waals surface area contributed by atoms with Crippen molar-refractivity contribution < 1.29 is 13.9 Å². The summed E-state index contributed by atoms with van der Waals surface area (Å²) >= 11 is 0. The second kappa shape index (κ2) is 8.57. The molecule has 3 rings (SSSR count). The summed E-state index contributed by atoms with van der Waals surface area (Å²) in [6.07, 6.45) is 1.91. The van der Waals surface area contributed by atoms with E-state index in [1.807, 2.05) is 0 Å². The van der Waals surface area contributed by atoms with Crippen LogP contribution in [0.3, 0.4) is 0 Å². The van der Waals surface area contributed by atoms with E-state index in [2.05, 4.69) is 23.6 Å². The maximum atomic E-state index is 14.3. The second-order valence-electron chi connectivity index (χ2n) is 7.99. The number of benzene rings is 1. The smallest absolute Gasteiger partial charge is 0.256 e. The highest BCUT2D eigenvalue weighted by atomic mass is 19.1. The predicted octanol–water partition coefficient (Wildman–Crippen LogP) is 2.77. The molecule has 5 nitrogen and oxygen atoms in total. The zero-order valence-electron chi connectivity index (χ0n) is 17.0. The number of likely N-dealkylation sites (tertiary alicyclic amines) is 1. The molecule has 1 aromatic carbocycles. The number of carbonyl (C=O) groups excluding carboxylic acids is 1. The molecule has 150 valence electrons. The molecular formula is C21H32FN3O2. The maximum Gasteiger partial charge on any atom is 0.256 e. The molecule has 0 unspecified atom stereocenters. The average Bonchev–Trinajstić information content (AvgIpc) is 2.68. The zero-order valence-corrected chi connectivity index (χ0v) is 17.0. The van der Waals surface area contributed by atoms with Crippen LogP contribution < -0.4 is 4.74 Å². The molecule has 2 fully saturated rings. The molecule has 0 aliphatic carbocycles. The van der Waals surface area contributed by atoms with Gasteiger partial charge in [-0.1, -0.05) is 0 Å². The molecular weight excluding hydrogens is 345 g/mol. The molecule has 0 N–H and O–H groups in total. The van der Waals surface area contributed by atoms with Gasteiger partial charge in [0.15, 0.2) is 0 Å². The van der Waals surface area contributed by atoms with Crippen molar-refractivity contribution in [2.45, 2.75) is 45.7 Å². The van der Waals surface area contributed by atoms with Crippen molar-refractivity contribution in [1.82, 2.24) is 14.7 Å². The molecule has 0 saturated carbocycles. The highest BCUT2D eigenvalue weighted by Crippen LogP contribution is 2.25. The topological polar surface area (TPSA) is 36.0 Å². The summed E-state index contributed by atoms with van der Waals surface area (Å²) in [7, 11) is 1.54. The third-order valence-electron chi connectivity index (χ3n) is 6.06. The van der Waals surface area contributed by atoms with Gasteiger partial charge in [0.2, 0.25) is 0 Å². The Hall–Kier alpha value is -1.66. The van der Waals surface area contributed by atoms with E-state index in [0.29, 0.717) is 36.5 Å². The molecule has 1 amide bonds. The van der Waals surface area contributed by atoms with Crippen molar-refractivity contribution in [1.29, 1.82) is 0 Å². The van der Waals surface area contributed by atoms with E-state index in [4.69, 9.17) is 4.74 Å².